The van der Waals surface area contributed by atoms with E-state index in [2.05, 4.69) is 5.32 Å². The Morgan fingerprint density at radius 2 is 1.57 bits per heavy atom. The Balaban J connectivity index is 2.01. The topological polar surface area (TPSA) is 66.5 Å². The molecule has 1 N–H and O–H groups in total. The Morgan fingerprint density at radius 1 is 0.913 bits per heavy atom. The molecule has 23 heavy (non-hydrogen) atoms. The first-order valence-electron chi connectivity index (χ1n) is 6.78. The fraction of sp³-hybridized carbons (Fsp3) is 0. The first-order chi connectivity index (χ1) is 11.1. The summed E-state index contributed by atoms with van der Waals surface area (Å²) in [5, 5.41) is 2.65. The van der Waals surface area contributed by atoms with Crippen molar-refractivity contribution in [3.05, 3.63) is 70.8 Å². The lowest BCUT2D eigenvalue weighted by Gasteiger charge is -2.26. The van der Waals surface area contributed by atoms with Crippen LogP contribution in [0.1, 0.15) is 5.56 Å². The average molecular weight is 327 g/mol. The summed E-state index contributed by atoms with van der Waals surface area (Å²) in [5.74, 6) is -1.39. The van der Waals surface area contributed by atoms with Crippen LogP contribution in [0, 0.1) is 0 Å². The Bertz CT molecular complexity index is 813. The second kappa shape index (κ2) is 6.06. The molecule has 0 aliphatic carbocycles. The van der Waals surface area contributed by atoms with Crippen LogP contribution in [0.3, 0.4) is 0 Å². The Kier molecular flexibility index (Phi) is 3.95. The number of nitrogens with one attached hydrogen (secondary N) is 1. The maximum Gasteiger partial charge on any atom is 0.335 e. The van der Waals surface area contributed by atoms with Crippen molar-refractivity contribution in [2.75, 3.05) is 4.90 Å². The molecule has 3 rings (SSSR count). The molecule has 1 heterocycles. The lowest BCUT2D eigenvalue weighted by Crippen LogP contribution is -2.54. The molecule has 0 atom stereocenters. The summed E-state index contributed by atoms with van der Waals surface area (Å²) in [7, 11) is 0. The van der Waals surface area contributed by atoms with Crippen LogP contribution in [-0.4, -0.2) is 17.8 Å². The first-order valence-corrected chi connectivity index (χ1v) is 7.16. The minimum Gasteiger partial charge on any atom is -0.273 e. The standard InChI is InChI=1S/C17H11ClN2O3/c18-12-6-8-13(9-7-12)20-16(22)14(15(21)19-17(20)23)10-11-4-2-1-3-5-11/h1-10H,(H,19,21,23)/b14-10-. The maximum absolute atomic E-state index is 12.6. The maximum atomic E-state index is 12.6. The zero-order valence-corrected chi connectivity index (χ0v) is 12.6. The van der Waals surface area contributed by atoms with Gasteiger partial charge in [-0.1, -0.05) is 41.9 Å². The van der Waals surface area contributed by atoms with Gasteiger partial charge in [-0.05, 0) is 35.9 Å². The number of amides is 4. The van der Waals surface area contributed by atoms with Crippen molar-refractivity contribution in [1.29, 1.82) is 0 Å². The van der Waals surface area contributed by atoms with Gasteiger partial charge in [-0.15, -0.1) is 0 Å². The van der Waals surface area contributed by atoms with E-state index in [4.69, 9.17) is 11.6 Å². The Labute approximate surface area is 137 Å². The molecule has 1 aliphatic heterocycles. The molecule has 1 saturated heterocycles. The SMILES string of the molecule is O=C1NC(=O)N(c2ccc(Cl)cc2)C(=O)/C1=C\c1ccccc1. The molecular weight excluding hydrogens is 316 g/mol. The normalized spacial score (nSPS) is 16.7. The van der Waals surface area contributed by atoms with Crippen LogP contribution in [0.2, 0.25) is 5.02 Å². The van der Waals surface area contributed by atoms with E-state index in [0.29, 0.717) is 16.3 Å². The second-order valence-electron chi connectivity index (χ2n) is 4.84. The molecule has 5 nitrogen and oxygen atoms in total. The van der Waals surface area contributed by atoms with Crippen LogP contribution in [0.5, 0.6) is 0 Å². The molecule has 0 bridgehead atoms. The molecule has 2 aromatic rings. The van der Waals surface area contributed by atoms with Crippen LogP contribution in [0.25, 0.3) is 6.08 Å². The lowest BCUT2D eigenvalue weighted by molar-refractivity contribution is -0.122. The summed E-state index contributed by atoms with van der Waals surface area (Å²) in [6.07, 6.45) is 1.45. The van der Waals surface area contributed by atoms with Crippen molar-refractivity contribution < 1.29 is 14.4 Å². The fourth-order valence-electron chi connectivity index (χ4n) is 2.20. The highest BCUT2D eigenvalue weighted by molar-refractivity contribution is 6.39. The van der Waals surface area contributed by atoms with Crippen molar-refractivity contribution >= 4 is 41.2 Å². The van der Waals surface area contributed by atoms with Crippen molar-refractivity contribution in [2.24, 2.45) is 0 Å². The van der Waals surface area contributed by atoms with Gasteiger partial charge in [0.2, 0.25) is 0 Å². The van der Waals surface area contributed by atoms with Crippen LogP contribution < -0.4 is 10.2 Å². The number of rotatable bonds is 2. The summed E-state index contributed by atoms with van der Waals surface area (Å²) >= 11 is 5.81. The molecular formula is C17H11ClN2O3. The van der Waals surface area contributed by atoms with Crippen LogP contribution >= 0.6 is 11.6 Å². The predicted octanol–water partition coefficient (Wildman–Crippen LogP) is 3.01. The molecule has 0 saturated carbocycles. The molecule has 1 fully saturated rings. The molecule has 4 amide bonds. The van der Waals surface area contributed by atoms with Crippen molar-refractivity contribution in [3.8, 4) is 0 Å². The van der Waals surface area contributed by atoms with Crippen molar-refractivity contribution in [1.82, 2.24) is 5.32 Å². The van der Waals surface area contributed by atoms with Gasteiger partial charge >= 0.3 is 6.03 Å². The van der Waals surface area contributed by atoms with Crippen LogP contribution in [-0.2, 0) is 9.59 Å². The van der Waals surface area contributed by atoms with Crippen LogP contribution in [0.4, 0.5) is 10.5 Å². The highest BCUT2D eigenvalue weighted by Crippen LogP contribution is 2.23. The van der Waals surface area contributed by atoms with Crippen LogP contribution in [0.15, 0.2) is 60.2 Å². The zero-order valence-electron chi connectivity index (χ0n) is 11.8. The number of carbonyl (C=O) groups is 3. The van der Waals surface area contributed by atoms with E-state index < -0.39 is 17.8 Å². The third kappa shape index (κ3) is 3.00. The number of benzene rings is 2. The van der Waals surface area contributed by atoms with Gasteiger partial charge in [-0.2, -0.15) is 0 Å². The number of barbiturate groups is 1. The quantitative estimate of drug-likeness (QED) is 0.681. The highest BCUT2D eigenvalue weighted by Gasteiger charge is 2.36. The van der Waals surface area contributed by atoms with Gasteiger partial charge in [-0.25, -0.2) is 9.69 Å². The number of anilines is 1. The summed E-state index contributed by atoms with van der Waals surface area (Å²) in [5.41, 5.74) is 0.922. The van der Waals surface area contributed by atoms with Gasteiger partial charge < -0.3 is 0 Å². The molecule has 6 heteroatoms. The molecule has 0 aromatic heterocycles. The number of imide groups is 2. The highest BCUT2D eigenvalue weighted by atomic mass is 35.5. The van der Waals surface area contributed by atoms with E-state index in [9.17, 15) is 14.4 Å². The lowest BCUT2D eigenvalue weighted by atomic mass is 10.1. The molecule has 0 spiro atoms. The predicted molar refractivity (Wildman–Crippen MR) is 86.9 cm³/mol. The Morgan fingerprint density at radius 3 is 2.22 bits per heavy atom. The number of halogens is 1. The van der Waals surface area contributed by atoms with Gasteiger partial charge in [0.1, 0.15) is 5.57 Å². The van der Waals surface area contributed by atoms with Gasteiger partial charge in [-0.3, -0.25) is 14.9 Å². The van der Waals surface area contributed by atoms with E-state index in [1.54, 1.807) is 36.4 Å². The molecule has 2 aromatic carbocycles. The smallest absolute Gasteiger partial charge is 0.273 e. The number of carbonyl (C=O) groups excluding carboxylic acids is 3. The van der Waals surface area contributed by atoms with E-state index in [0.717, 1.165) is 4.90 Å². The molecule has 0 unspecified atom stereocenters. The van der Waals surface area contributed by atoms with Gasteiger partial charge in [0.15, 0.2) is 0 Å². The summed E-state index contributed by atoms with van der Waals surface area (Å²) in [6.45, 7) is 0. The number of urea groups is 1. The third-order valence-corrected chi connectivity index (χ3v) is 3.55. The van der Waals surface area contributed by atoms with E-state index >= 15 is 0 Å². The minimum absolute atomic E-state index is 0.106. The van der Waals surface area contributed by atoms with Crippen molar-refractivity contribution in [2.45, 2.75) is 0 Å². The first kappa shape index (κ1) is 15.0. The third-order valence-electron chi connectivity index (χ3n) is 3.30. The van der Waals surface area contributed by atoms with E-state index in [1.165, 1.54) is 18.2 Å². The summed E-state index contributed by atoms with van der Waals surface area (Å²) < 4.78 is 0. The number of nitrogens with zero attached hydrogens (tertiary/aromatic N) is 1. The monoisotopic (exact) mass is 326 g/mol. The zero-order chi connectivity index (χ0) is 16.4. The summed E-state index contributed by atoms with van der Waals surface area (Å²) in [6, 6.07) is 14.3. The second-order valence-corrected chi connectivity index (χ2v) is 5.28. The summed E-state index contributed by atoms with van der Waals surface area (Å²) in [4.78, 5) is 37.5. The van der Waals surface area contributed by atoms with E-state index in [1.807, 2.05) is 6.07 Å². The van der Waals surface area contributed by atoms with E-state index in [-0.39, 0.29) is 5.57 Å². The van der Waals surface area contributed by atoms with Gasteiger partial charge in [0.05, 0.1) is 5.69 Å². The van der Waals surface area contributed by atoms with Crippen molar-refractivity contribution in [3.63, 3.8) is 0 Å². The Hall–Kier alpha value is -2.92. The fourth-order valence-corrected chi connectivity index (χ4v) is 2.32. The van der Waals surface area contributed by atoms with Gasteiger partial charge in [0, 0.05) is 5.02 Å². The average Bonchev–Trinajstić information content (AvgIpc) is 2.54. The minimum atomic E-state index is -0.785. The molecule has 1 aliphatic rings. The number of hydrogen-bond donors (Lipinski definition) is 1. The largest absolute Gasteiger partial charge is 0.335 e. The molecule has 114 valence electrons. The number of hydrogen-bond acceptors (Lipinski definition) is 3. The van der Waals surface area contributed by atoms with Gasteiger partial charge in [0.25, 0.3) is 11.8 Å². The molecule has 0 radical (unpaired) electrons.